The van der Waals surface area contributed by atoms with Crippen molar-refractivity contribution in [3.05, 3.63) is 29.8 Å². The van der Waals surface area contributed by atoms with Gasteiger partial charge in [-0.2, -0.15) is 0 Å². The third-order valence-corrected chi connectivity index (χ3v) is 3.12. The Bertz CT molecular complexity index is 380. The van der Waals surface area contributed by atoms with Crippen LogP contribution in [0.1, 0.15) is 37.6 Å². The summed E-state index contributed by atoms with van der Waals surface area (Å²) in [6.07, 6.45) is 0.859. The Kier molecular flexibility index (Phi) is 3.74. The second-order valence-electron chi connectivity index (χ2n) is 5.01. The Hall–Kier alpha value is -1.31. The lowest BCUT2D eigenvalue weighted by Crippen LogP contribution is -2.23. The van der Waals surface area contributed by atoms with Gasteiger partial charge in [-0.1, -0.05) is 32.9 Å². The highest BCUT2D eigenvalue weighted by molar-refractivity contribution is 6.00. The van der Waals surface area contributed by atoms with Gasteiger partial charge in [-0.15, -0.1) is 0 Å². The summed E-state index contributed by atoms with van der Waals surface area (Å²) in [5.74, 6) is 0.221. The fourth-order valence-electron chi connectivity index (χ4n) is 1.48. The minimum Gasteiger partial charge on any atom is -0.378 e. The first-order valence-electron chi connectivity index (χ1n) is 5.70. The van der Waals surface area contributed by atoms with Gasteiger partial charge in [-0.25, -0.2) is 0 Å². The van der Waals surface area contributed by atoms with E-state index in [1.54, 1.807) is 0 Å². The zero-order valence-electron chi connectivity index (χ0n) is 10.9. The third kappa shape index (κ3) is 2.63. The van der Waals surface area contributed by atoms with Crippen molar-refractivity contribution in [2.45, 2.75) is 27.2 Å². The maximum absolute atomic E-state index is 12.3. The van der Waals surface area contributed by atoms with Crippen LogP contribution >= 0.6 is 0 Å². The molecule has 1 rings (SSSR count). The molecule has 0 aliphatic carbocycles. The van der Waals surface area contributed by atoms with Crippen molar-refractivity contribution in [3.8, 4) is 0 Å². The number of carbonyl (C=O) groups is 1. The van der Waals surface area contributed by atoms with Crippen molar-refractivity contribution in [1.29, 1.82) is 0 Å². The summed E-state index contributed by atoms with van der Waals surface area (Å²) in [5, 5.41) is 0. The lowest BCUT2D eigenvalue weighted by Gasteiger charge is -2.22. The largest absolute Gasteiger partial charge is 0.378 e. The summed E-state index contributed by atoms with van der Waals surface area (Å²) in [5.41, 5.74) is 1.60. The molecule has 0 aromatic heterocycles. The van der Waals surface area contributed by atoms with Gasteiger partial charge in [-0.05, 0) is 18.6 Å². The van der Waals surface area contributed by atoms with Crippen LogP contribution < -0.4 is 4.90 Å². The number of nitrogens with zero attached hydrogens (tertiary/aromatic N) is 1. The Morgan fingerprint density at radius 3 is 2.44 bits per heavy atom. The van der Waals surface area contributed by atoms with Gasteiger partial charge < -0.3 is 4.90 Å². The van der Waals surface area contributed by atoms with Crippen LogP contribution in [0.5, 0.6) is 0 Å². The highest BCUT2D eigenvalue weighted by Gasteiger charge is 2.26. The van der Waals surface area contributed by atoms with Crippen molar-refractivity contribution in [2.24, 2.45) is 5.41 Å². The predicted octanol–water partition coefficient (Wildman–Crippen LogP) is 3.37. The minimum atomic E-state index is -0.273. The van der Waals surface area contributed by atoms with E-state index in [-0.39, 0.29) is 11.2 Å². The first-order valence-corrected chi connectivity index (χ1v) is 5.70. The number of carbonyl (C=O) groups excluding carboxylic acids is 1. The van der Waals surface area contributed by atoms with Crippen LogP contribution in [0.3, 0.4) is 0 Å². The smallest absolute Gasteiger partial charge is 0.168 e. The van der Waals surface area contributed by atoms with E-state index in [0.717, 1.165) is 17.7 Å². The molecule has 2 heteroatoms. The van der Waals surface area contributed by atoms with Crippen molar-refractivity contribution in [1.82, 2.24) is 0 Å². The molecule has 0 aliphatic rings. The van der Waals surface area contributed by atoms with Crippen molar-refractivity contribution < 1.29 is 4.79 Å². The Morgan fingerprint density at radius 1 is 1.31 bits per heavy atom. The van der Waals surface area contributed by atoms with Crippen LogP contribution in [0.2, 0.25) is 0 Å². The van der Waals surface area contributed by atoms with E-state index in [9.17, 15) is 4.79 Å². The maximum Gasteiger partial charge on any atom is 0.168 e. The molecule has 0 saturated heterocycles. The van der Waals surface area contributed by atoms with Gasteiger partial charge in [-0.3, -0.25) is 4.79 Å². The highest BCUT2D eigenvalue weighted by Crippen LogP contribution is 2.26. The molecule has 0 unspecified atom stereocenters. The topological polar surface area (TPSA) is 20.3 Å². The molecule has 0 radical (unpaired) electrons. The zero-order chi connectivity index (χ0) is 12.3. The quantitative estimate of drug-likeness (QED) is 0.724. The van der Waals surface area contributed by atoms with Gasteiger partial charge in [0.25, 0.3) is 0 Å². The maximum atomic E-state index is 12.3. The van der Waals surface area contributed by atoms with Crippen molar-refractivity contribution in [3.63, 3.8) is 0 Å². The van der Waals surface area contributed by atoms with Crippen molar-refractivity contribution in [2.75, 3.05) is 19.0 Å². The van der Waals surface area contributed by atoms with Gasteiger partial charge in [0.2, 0.25) is 0 Å². The molecular weight excluding hydrogens is 198 g/mol. The third-order valence-electron chi connectivity index (χ3n) is 3.12. The average molecular weight is 219 g/mol. The Labute approximate surface area is 98.3 Å². The SMILES string of the molecule is CCC(C)(C)C(=O)c1cccc(N(C)C)c1. The zero-order valence-corrected chi connectivity index (χ0v) is 10.9. The molecule has 0 aliphatic heterocycles. The molecule has 88 valence electrons. The lowest BCUT2D eigenvalue weighted by molar-refractivity contribution is 0.0833. The summed E-state index contributed by atoms with van der Waals surface area (Å²) in [6, 6.07) is 7.80. The predicted molar refractivity (Wildman–Crippen MR) is 69.2 cm³/mol. The fraction of sp³-hybridized carbons (Fsp3) is 0.500. The number of anilines is 1. The summed E-state index contributed by atoms with van der Waals surface area (Å²) in [4.78, 5) is 14.3. The molecule has 0 spiro atoms. The molecule has 0 heterocycles. The van der Waals surface area contributed by atoms with Gasteiger partial charge in [0, 0.05) is 30.8 Å². The van der Waals surface area contributed by atoms with Crippen LogP contribution in [0.4, 0.5) is 5.69 Å². The van der Waals surface area contributed by atoms with Crippen molar-refractivity contribution >= 4 is 11.5 Å². The summed E-state index contributed by atoms with van der Waals surface area (Å²) < 4.78 is 0. The molecule has 0 N–H and O–H groups in total. The number of ketones is 1. The second kappa shape index (κ2) is 4.69. The standard InChI is InChI=1S/C14H21NO/c1-6-14(2,3)13(16)11-8-7-9-12(10-11)15(4)5/h7-10H,6H2,1-5H3. The monoisotopic (exact) mass is 219 g/mol. The summed E-state index contributed by atoms with van der Waals surface area (Å²) in [6.45, 7) is 6.04. The number of benzene rings is 1. The number of hydrogen-bond acceptors (Lipinski definition) is 2. The summed E-state index contributed by atoms with van der Waals surface area (Å²) in [7, 11) is 3.96. The first kappa shape index (κ1) is 12.8. The van der Waals surface area contributed by atoms with E-state index in [2.05, 4.69) is 0 Å². The molecule has 0 saturated carbocycles. The van der Waals surface area contributed by atoms with E-state index in [4.69, 9.17) is 0 Å². The number of rotatable bonds is 4. The molecule has 16 heavy (non-hydrogen) atoms. The van der Waals surface area contributed by atoms with Crippen LogP contribution in [0.25, 0.3) is 0 Å². The van der Waals surface area contributed by atoms with Crippen LogP contribution in [-0.2, 0) is 0 Å². The molecule has 0 atom stereocenters. The molecule has 0 fully saturated rings. The fourth-order valence-corrected chi connectivity index (χ4v) is 1.48. The van der Waals surface area contributed by atoms with Gasteiger partial charge in [0.05, 0.1) is 0 Å². The normalized spacial score (nSPS) is 11.3. The van der Waals surface area contributed by atoms with E-state index in [0.29, 0.717) is 0 Å². The molecule has 1 aromatic rings. The molecule has 2 nitrogen and oxygen atoms in total. The number of Topliss-reactive ketones (excluding diaryl/α,β-unsaturated/α-hetero) is 1. The summed E-state index contributed by atoms with van der Waals surface area (Å²) >= 11 is 0. The van der Waals surface area contributed by atoms with E-state index in [1.165, 1.54) is 0 Å². The van der Waals surface area contributed by atoms with E-state index >= 15 is 0 Å². The average Bonchev–Trinajstić information content (AvgIpc) is 2.28. The second-order valence-corrected chi connectivity index (χ2v) is 5.01. The molecular formula is C14H21NO. The van der Waals surface area contributed by atoms with Gasteiger partial charge in [0.1, 0.15) is 0 Å². The van der Waals surface area contributed by atoms with E-state index in [1.807, 2.05) is 64.0 Å². The van der Waals surface area contributed by atoms with Crippen LogP contribution in [0, 0.1) is 5.41 Å². The Morgan fingerprint density at radius 2 is 1.94 bits per heavy atom. The number of hydrogen-bond donors (Lipinski definition) is 0. The lowest BCUT2D eigenvalue weighted by atomic mass is 9.82. The molecule has 0 amide bonds. The van der Waals surface area contributed by atoms with Crippen LogP contribution in [-0.4, -0.2) is 19.9 Å². The van der Waals surface area contributed by atoms with Gasteiger partial charge >= 0.3 is 0 Å². The highest BCUT2D eigenvalue weighted by atomic mass is 16.1. The van der Waals surface area contributed by atoms with Crippen LogP contribution in [0.15, 0.2) is 24.3 Å². The Balaban J connectivity index is 3.05. The molecule has 0 bridgehead atoms. The molecule has 1 aromatic carbocycles. The van der Waals surface area contributed by atoms with E-state index < -0.39 is 0 Å². The minimum absolute atomic E-state index is 0.221. The van der Waals surface area contributed by atoms with Gasteiger partial charge in [0.15, 0.2) is 5.78 Å². The first-order chi connectivity index (χ1) is 7.38.